The van der Waals surface area contributed by atoms with Crippen LogP contribution in [0.1, 0.15) is 12.0 Å². The minimum absolute atomic E-state index is 0.0781. The van der Waals surface area contributed by atoms with Gasteiger partial charge in [-0.05, 0) is 42.3 Å². The Hall–Kier alpha value is -2.00. The minimum atomic E-state index is -0.0781. The molecule has 98 valence electrons. The first-order valence-electron chi connectivity index (χ1n) is 5.97. The molecule has 1 amide bonds. The van der Waals surface area contributed by atoms with Crippen LogP contribution in [0.25, 0.3) is 0 Å². The Labute approximate surface area is 116 Å². The second kappa shape index (κ2) is 6.25. The average Bonchev–Trinajstić information content (AvgIpc) is 2.40. The van der Waals surface area contributed by atoms with Crippen LogP contribution in [0, 0.1) is 0 Å². The number of anilines is 1. The predicted molar refractivity (Wildman–Crippen MR) is 76.5 cm³/mol. The fraction of sp³-hybridized carbons (Fsp3) is 0.133. The van der Waals surface area contributed by atoms with Gasteiger partial charge in [-0.25, -0.2) is 0 Å². The van der Waals surface area contributed by atoms with Crippen molar-refractivity contribution in [2.24, 2.45) is 0 Å². The van der Waals surface area contributed by atoms with E-state index in [0.29, 0.717) is 23.6 Å². The van der Waals surface area contributed by atoms with Gasteiger partial charge in [0.05, 0.1) is 0 Å². The quantitative estimate of drug-likeness (QED) is 0.838. The number of halogens is 1. The van der Waals surface area contributed by atoms with E-state index in [-0.39, 0.29) is 11.7 Å². The third-order valence-electron chi connectivity index (χ3n) is 2.73. The highest BCUT2D eigenvalue weighted by Gasteiger charge is 2.05. The van der Waals surface area contributed by atoms with Crippen molar-refractivity contribution in [1.29, 1.82) is 0 Å². The maximum Gasteiger partial charge on any atom is 0.224 e. The van der Waals surface area contributed by atoms with E-state index in [2.05, 4.69) is 5.32 Å². The lowest BCUT2D eigenvalue weighted by molar-refractivity contribution is -0.116. The van der Waals surface area contributed by atoms with Gasteiger partial charge in [-0.2, -0.15) is 0 Å². The first-order chi connectivity index (χ1) is 9.15. The van der Waals surface area contributed by atoms with Gasteiger partial charge in [0.15, 0.2) is 0 Å². The van der Waals surface area contributed by atoms with Crippen LogP contribution in [-0.4, -0.2) is 11.0 Å². The Morgan fingerprint density at radius 2 is 1.79 bits per heavy atom. The molecule has 2 aromatic rings. The summed E-state index contributed by atoms with van der Waals surface area (Å²) in [7, 11) is 0. The molecule has 2 rings (SSSR count). The van der Waals surface area contributed by atoms with Gasteiger partial charge in [0.1, 0.15) is 5.75 Å². The monoisotopic (exact) mass is 275 g/mol. The SMILES string of the molecule is O=C(CCc1ccccc1Cl)Nc1ccc(O)cc1. The molecular weight excluding hydrogens is 262 g/mol. The van der Waals surface area contributed by atoms with E-state index in [1.165, 1.54) is 12.1 Å². The fourth-order valence-corrected chi connectivity index (χ4v) is 1.95. The normalized spacial score (nSPS) is 10.2. The highest BCUT2D eigenvalue weighted by Crippen LogP contribution is 2.17. The molecule has 0 saturated heterocycles. The lowest BCUT2D eigenvalue weighted by Crippen LogP contribution is -2.12. The summed E-state index contributed by atoms with van der Waals surface area (Å²) in [4.78, 5) is 11.8. The Morgan fingerprint density at radius 1 is 1.11 bits per heavy atom. The number of aryl methyl sites for hydroxylation is 1. The first kappa shape index (κ1) is 13.4. The molecule has 0 fully saturated rings. The lowest BCUT2D eigenvalue weighted by atomic mass is 10.1. The molecule has 0 spiro atoms. The largest absolute Gasteiger partial charge is 0.508 e. The van der Waals surface area contributed by atoms with Crippen molar-refractivity contribution in [3.05, 3.63) is 59.1 Å². The molecule has 0 bridgehead atoms. The molecule has 2 N–H and O–H groups in total. The number of hydrogen-bond acceptors (Lipinski definition) is 2. The van der Waals surface area contributed by atoms with Crippen molar-refractivity contribution in [2.45, 2.75) is 12.8 Å². The number of nitrogens with one attached hydrogen (secondary N) is 1. The maximum atomic E-state index is 11.8. The number of amides is 1. The van der Waals surface area contributed by atoms with E-state index in [1.54, 1.807) is 12.1 Å². The number of aromatic hydroxyl groups is 1. The predicted octanol–water partition coefficient (Wildman–Crippen LogP) is 3.62. The van der Waals surface area contributed by atoms with Crippen molar-refractivity contribution in [2.75, 3.05) is 5.32 Å². The fourth-order valence-electron chi connectivity index (χ4n) is 1.72. The van der Waals surface area contributed by atoms with Gasteiger partial charge >= 0.3 is 0 Å². The molecule has 2 aromatic carbocycles. The molecule has 0 heterocycles. The smallest absolute Gasteiger partial charge is 0.224 e. The Kier molecular flexibility index (Phi) is 4.42. The summed E-state index contributed by atoms with van der Waals surface area (Å²) in [6.45, 7) is 0. The summed E-state index contributed by atoms with van der Waals surface area (Å²) in [5, 5.41) is 12.6. The Bertz CT molecular complexity index is 567. The second-order valence-corrected chi connectivity index (χ2v) is 4.59. The molecule has 0 aliphatic rings. The zero-order valence-electron chi connectivity index (χ0n) is 10.3. The number of carbonyl (C=O) groups is 1. The summed E-state index contributed by atoms with van der Waals surface area (Å²) in [6, 6.07) is 13.9. The molecule has 19 heavy (non-hydrogen) atoms. The van der Waals surface area contributed by atoms with Gasteiger partial charge in [-0.3, -0.25) is 4.79 Å². The van der Waals surface area contributed by atoms with Crippen molar-refractivity contribution >= 4 is 23.2 Å². The van der Waals surface area contributed by atoms with Crippen LogP contribution in [0.4, 0.5) is 5.69 Å². The summed E-state index contributed by atoms with van der Waals surface area (Å²) in [5.74, 6) is 0.0969. The molecule has 0 aromatic heterocycles. The van der Waals surface area contributed by atoms with E-state index >= 15 is 0 Å². The number of hydrogen-bond donors (Lipinski definition) is 2. The molecular formula is C15H14ClNO2. The molecule has 0 aliphatic heterocycles. The molecule has 0 atom stereocenters. The van der Waals surface area contributed by atoms with Gasteiger partial charge in [-0.1, -0.05) is 29.8 Å². The molecule has 3 nitrogen and oxygen atoms in total. The minimum Gasteiger partial charge on any atom is -0.508 e. The number of phenols is 1. The van der Waals surface area contributed by atoms with Crippen LogP contribution < -0.4 is 5.32 Å². The van der Waals surface area contributed by atoms with Crippen LogP contribution in [0.3, 0.4) is 0 Å². The Morgan fingerprint density at radius 3 is 2.47 bits per heavy atom. The summed E-state index contributed by atoms with van der Waals surface area (Å²) in [5.41, 5.74) is 1.63. The van der Waals surface area contributed by atoms with Gasteiger partial charge < -0.3 is 10.4 Å². The number of phenolic OH excluding ortho intramolecular Hbond substituents is 1. The number of benzene rings is 2. The van der Waals surface area contributed by atoms with E-state index in [4.69, 9.17) is 16.7 Å². The first-order valence-corrected chi connectivity index (χ1v) is 6.35. The third-order valence-corrected chi connectivity index (χ3v) is 3.10. The average molecular weight is 276 g/mol. The standard InChI is InChI=1S/C15H14ClNO2/c16-14-4-2-1-3-11(14)5-10-15(19)17-12-6-8-13(18)9-7-12/h1-4,6-9,18H,5,10H2,(H,17,19). The topological polar surface area (TPSA) is 49.3 Å². The highest BCUT2D eigenvalue weighted by molar-refractivity contribution is 6.31. The van der Waals surface area contributed by atoms with Gasteiger partial charge in [0, 0.05) is 17.1 Å². The van der Waals surface area contributed by atoms with E-state index in [9.17, 15) is 4.79 Å². The molecule has 4 heteroatoms. The zero-order valence-corrected chi connectivity index (χ0v) is 11.0. The van der Waals surface area contributed by atoms with Crippen molar-refractivity contribution in [3.63, 3.8) is 0 Å². The lowest BCUT2D eigenvalue weighted by Gasteiger charge is -2.06. The van der Waals surface area contributed by atoms with Crippen LogP contribution in [0.5, 0.6) is 5.75 Å². The summed E-state index contributed by atoms with van der Waals surface area (Å²) >= 11 is 6.03. The maximum absolute atomic E-state index is 11.8. The molecule has 0 unspecified atom stereocenters. The number of carbonyl (C=O) groups excluding carboxylic acids is 1. The molecule has 0 radical (unpaired) electrons. The van der Waals surface area contributed by atoms with Crippen LogP contribution in [0.15, 0.2) is 48.5 Å². The second-order valence-electron chi connectivity index (χ2n) is 4.19. The third kappa shape index (κ3) is 4.00. The van der Waals surface area contributed by atoms with E-state index in [1.807, 2.05) is 24.3 Å². The van der Waals surface area contributed by atoms with E-state index < -0.39 is 0 Å². The number of rotatable bonds is 4. The molecule has 0 aliphatic carbocycles. The van der Waals surface area contributed by atoms with E-state index in [0.717, 1.165) is 5.56 Å². The van der Waals surface area contributed by atoms with Crippen LogP contribution in [0.2, 0.25) is 5.02 Å². The van der Waals surface area contributed by atoms with Gasteiger partial charge in [0.25, 0.3) is 0 Å². The van der Waals surface area contributed by atoms with Gasteiger partial charge in [-0.15, -0.1) is 0 Å². The summed E-state index contributed by atoms with van der Waals surface area (Å²) in [6.07, 6.45) is 0.966. The van der Waals surface area contributed by atoms with Crippen LogP contribution in [-0.2, 0) is 11.2 Å². The van der Waals surface area contributed by atoms with Gasteiger partial charge in [0.2, 0.25) is 5.91 Å². The highest BCUT2D eigenvalue weighted by atomic mass is 35.5. The van der Waals surface area contributed by atoms with Crippen molar-refractivity contribution in [1.82, 2.24) is 0 Å². The molecule has 0 saturated carbocycles. The van der Waals surface area contributed by atoms with Crippen molar-refractivity contribution in [3.8, 4) is 5.75 Å². The summed E-state index contributed by atoms with van der Waals surface area (Å²) < 4.78 is 0. The Balaban J connectivity index is 1.88. The zero-order chi connectivity index (χ0) is 13.7. The van der Waals surface area contributed by atoms with Crippen LogP contribution >= 0.6 is 11.6 Å². The van der Waals surface area contributed by atoms with Crippen molar-refractivity contribution < 1.29 is 9.90 Å².